The lowest BCUT2D eigenvalue weighted by Crippen LogP contribution is -2.50. The van der Waals surface area contributed by atoms with Crippen LogP contribution < -0.4 is 4.31 Å². The van der Waals surface area contributed by atoms with Crippen molar-refractivity contribution in [2.45, 2.75) is 39.3 Å². The molecular weight excluding hydrogens is 360 g/mol. The molecule has 27 heavy (non-hydrogen) atoms. The molecule has 1 heterocycles. The van der Waals surface area contributed by atoms with Crippen LogP contribution in [0.4, 0.5) is 5.69 Å². The topological polar surface area (TPSA) is 57.7 Å². The van der Waals surface area contributed by atoms with Gasteiger partial charge in [-0.2, -0.15) is 0 Å². The first-order chi connectivity index (χ1) is 12.8. The van der Waals surface area contributed by atoms with Crippen LogP contribution in [0.3, 0.4) is 0 Å². The number of anilines is 1. The Bertz CT molecular complexity index is 923. The minimum absolute atomic E-state index is 0.172. The standard InChI is InChI=1S/C21H26N2O3S/c1-4-17-9-11-20(12-10-17)23(27(3,25)26)16(2)21(24)22-14-13-18-7-5-6-8-19(18)15-22/h5-12,16H,4,13-15H2,1-3H3/t16-/m1/s1. The highest BCUT2D eigenvalue weighted by Crippen LogP contribution is 2.25. The highest BCUT2D eigenvalue weighted by atomic mass is 32.2. The molecule has 0 radical (unpaired) electrons. The van der Waals surface area contributed by atoms with Crippen molar-refractivity contribution >= 4 is 21.6 Å². The van der Waals surface area contributed by atoms with Gasteiger partial charge in [-0.3, -0.25) is 9.10 Å². The van der Waals surface area contributed by atoms with Crippen LogP contribution in [0, 0.1) is 0 Å². The molecule has 5 nitrogen and oxygen atoms in total. The lowest BCUT2D eigenvalue weighted by Gasteiger charge is -2.35. The highest BCUT2D eigenvalue weighted by molar-refractivity contribution is 7.92. The number of benzene rings is 2. The summed E-state index contributed by atoms with van der Waals surface area (Å²) in [6.45, 7) is 4.83. The SMILES string of the molecule is CCc1ccc(N([C@H](C)C(=O)N2CCc3ccccc3C2)S(C)(=O)=O)cc1. The molecule has 3 rings (SSSR count). The second-order valence-electron chi connectivity index (χ2n) is 7.03. The summed E-state index contributed by atoms with van der Waals surface area (Å²) in [5.41, 5.74) is 4.03. The number of carbonyl (C=O) groups excluding carboxylic acids is 1. The first kappa shape index (κ1) is 19.4. The number of rotatable bonds is 5. The Morgan fingerprint density at radius 3 is 2.33 bits per heavy atom. The Morgan fingerprint density at radius 2 is 1.74 bits per heavy atom. The molecule has 2 aromatic rings. The first-order valence-electron chi connectivity index (χ1n) is 9.25. The molecule has 0 saturated heterocycles. The molecule has 0 fully saturated rings. The molecule has 1 amide bonds. The van der Waals surface area contributed by atoms with Crippen molar-refractivity contribution in [3.8, 4) is 0 Å². The van der Waals surface area contributed by atoms with Gasteiger partial charge in [-0.05, 0) is 48.6 Å². The zero-order valence-electron chi connectivity index (χ0n) is 16.1. The van der Waals surface area contributed by atoms with E-state index in [1.54, 1.807) is 24.0 Å². The quantitative estimate of drug-likeness (QED) is 0.794. The van der Waals surface area contributed by atoms with Crippen LogP contribution in [0.1, 0.15) is 30.5 Å². The van der Waals surface area contributed by atoms with Gasteiger partial charge >= 0.3 is 0 Å². The van der Waals surface area contributed by atoms with Crippen LogP contribution in [-0.4, -0.2) is 38.1 Å². The highest BCUT2D eigenvalue weighted by Gasteiger charge is 2.33. The Morgan fingerprint density at radius 1 is 1.11 bits per heavy atom. The predicted molar refractivity (Wildman–Crippen MR) is 108 cm³/mol. The third-order valence-corrected chi connectivity index (χ3v) is 6.35. The van der Waals surface area contributed by atoms with Crippen LogP contribution in [0.2, 0.25) is 0 Å². The summed E-state index contributed by atoms with van der Waals surface area (Å²) in [6.07, 6.45) is 2.82. The van der Waals surface area contributed by atoms with E-state index in [2.05, 4.69) is 6.07 Å². The summed E-state index contributed by atoms with van der Waals surface area (Å²) >= 11 is 0. The third kappa shape index (κ3) is 4.16. The summed E-state index contributed by atoms with van der Waals surface area (Å²) in [4.78, 5) is 14.9. The van der Waals surface area contributed by atoms with E-state index in [9.17, 15) is 13.2 Å². The number of amides is 1. The second kappa shape index (κ2) is 7.72. The largest absolute Gasteiger partial charge is 0.336 e. The molecule has 144 valence electrons. The van der Waals surface area contributed by atoms with Crippen molar-refractivity contribution in [1.82, 2.24) is 4.90 Å². The van der Waals surface area contributed by atoms with Crippen molar-refractivity contribution < 1.29 is 13.2 Å². The first-order valence-corrected chi connectivity index (χ1v) is 11.1. The second-order valence-corrected chi connectivity index (χ2v) is 8.89. The normalized spacial score (nSPS) is 15.1. The fourth-order valence-corrected chi connectivity index (χ4v) is 4.80. The number of hydrogen-bond donors (Lipinski definition) is 0. The van der Waals surface area contributed by atoms with Crippen molar-refractivity contribution in [2.24, 2.45) is 0 Å². The van der Waals surface area contributed by atoms with E-state index in [1.807, 2.05) is 37.3 Å². The predicted octanol–water partition coefficient (Wildman–Crippen LogP) is 2.99. The van der Waals surface area contributed by atoms with Crippen LogP contribution in [0.5, 0.6) is 0 Å². The molecule has 0 saturated carbocycles. The number of hydrogen-bond acceptors (Lipinski definition) is 3. The molecule has 2 aromatic carbocycles. The average Bonchev–Trinajstić information content (AvgIpc) is 2.66. The van der Waals surface area contributed by atoms with Crippen molar-refractivity contribution in [3.63, 3.8) is 0 Å². The number of aryl methyl sites for hydroxylation is 1. The zero-order valence-corrected chi connectivity index (χ0v) is 16.9. The third-order valence-electron chi connectivity index (χ3n) is 5.11. The van der Waals surface area contributed by atoms with Gasteiger partial charge in [0.05, 0.1) is 11.9 Å². The van der Waals surface area contributed by atoms with Gasteiger partial charge in [-0.1, -0.05) is 43.3 Å². The van der Waals surface area contributed by atoms with Crippen LogP contribution in [0.15, 0.2) is 48.5 Å². The van der Waals surface area contributed by atoms with Gasteiger partial charge in [0.2, 0.25) is 15.9 Å². The molecule has 6 heteroatoms. The van der Waals surface area contributed by atoms with Gasteiger partial charge in [-0.15, -0.1) is 0 Å². The lowest BCUT2D eigenvalue weighted by molar-refractivity contribution is -0.132. The van der Waals surface area contributed by atoms with Crippen molar-refractivity contribution in [2.75, 3.05) is 17.1 Å². The van der Waals surface area contributed by atoms with Gasteiger partial charge < -0.3 is 4.90 Å². The number of carbonyl (C=O) groups is 1. The van der Waals surface area contributed by atoms with E-state index >= 15 is 0 Å². The van der Waals surface area contributed by atoms with Crippen molar-refractivity contribution in [1.29, 1.82) is 0 Å². The van der Waals surface area contributed by atoms with Gasteiger partial charge in [0.25, 0.3) is 0 Å². The lowest BCUT2D eigenvalue weighted by atomic mass is 9.99. The minimum atomic E-state index is -3.60. The molecule has 1 atom stereocenters. The molecule has 1 aliphatic heterocycles. The van der Waals surface area contributed by atoms with E-state index < -0.39 is 16.1 Å². The van der Waals surface area contributed by atoms with E-state index in [0.717, 1.165) is 30.2 Å². The summed E-state index contributed by atoms with van der Waals surface area (Å²) < 4.78 is 26.2. The number of nitrogens with zero attached hydrogens (tertiary/aromatic N) is 2. The van der Waals surface area contributed by atoms with Crippen LogP contribution >= 0.6 is 0 Å². The average molecular weight is 387 g/mol. The maximum Gasteiger partial charge on any atom is 0.246 e. The number of sulfonamides is 1. The monoisotopic (exact) mass is 386 g/mol. The molecule has 0 spiro atoms. The van der Waals surface area contributed by atoms with Gasteiger partial charge in [0, 0.05) is 13.1 Å². The summed E-state index contributed by atoms with van der Waals surface area (Å²) in [5, 5.41) is 0. The van der Waals surface area contributed by atoms with Crippen LogP contribution in [-0.2, 0) is 34.2 Å². The van der Waals surface area contributed by atoms with Gasteiger partial charge in [-0.25, -0.2) is 8.42 Å². The van der Waals surface area contributed by atoms with Gasteiger partial charge in [0.15, 0.2) is 0 Å². The van der Waals surface area contributed by atoms with Gasteiger partial charge in [0.1, 0.15) is 6.04 Å². The zero-order chi connectivity index (χ0) is 19.6. The summed E-state index contributed by atoms with van der Waals surface area (Å²) in [6, 6.07) is 14.6. The molecule has 0 aliphatic carbocycles. The van der Waals surface area contributed by atoms with Crippen LogP contribution in [0.25, 0.3) is 0 Å². The summed E-state index contributed by atoms with van der Waals surface area (Å²) in [7, 11) is -3.60. The van der Waals surface area contributed by atoms with E-state index in [4.69, 9.17) is 0 Å². The van der Waals surface area contributed by atoms with Crippen molar-refractivity contribution in [3.05, 3.63) is 65.2 Å². The Labute approximate surface area is 161 Å². The fraction of sp³-hybridized carbons (Fsp3) is 0.381. The smallest absolute Gasteiger partial charge is 0.246 e. The Kier molecular flexibility index (Phi) is 5.56. The number of fused-ring (bicyclic) bond motifs is 1. The maximum atomic E-state index is 13.1. The van der Waals surface area contributed by atoms with E-state index in [-0.39, 0.29) is 5.91 Å². The molecule has 0 bridgehead atoms. The maximum absolute atomic E-state index is 13.1. The molecule has 0 unspecified atom stereocenters. The van der Waals surface area contributed by atoms with E-state index in [0.29, 0.717) is 18.8 Å². The Balaban J connectivity index is 1.86. The molecule has 0 N–H and O–H groups in total. The molecule has 1 aliphatic rings. The molecule has 0 aromatic heterocycles. The van der Waals surface area contributed by atoms with E-state index in [1.165, 1.54) is 9.87 Å². The molecular formula is C21H26N2O3S. The summed E-state index contributed by atoms with van der Waals surface area (Å²) in [5.74, 6) is -0.172. The Hall–Kier alpha value is -2.34. The fourth-order valence-electron chi connectivity index (χ4n) is 3.63. The minimum Gasteiger partial charge on any atom is -0.336 e.